The molecule has 0 bridgehead atoms. The van der Waals surface area contributed by atoms with Crippen LogP contribution in [-0.2, 0) is 6.54 Å². The van der Waals surface area contributed by atoms with Gasteiger partial charge in [-0.15, -0.1) is 0 Å². The average Bonchev–Trinajstić information content (AvgIpc) is 2.36. The third-order valence-electron chi connectivity index (χ3n) is 4.12. The largest absolute Gasteiger partial charge is 0.496 e. The number of benzene rings is 1. The summed E-state index contributed by atoms with van der Waals surface area (Å²) >= 11 is 0. The quantitative estimate of drug-likeness (QED) is 0.893. The number of hydrogen-bond donors (Lipinski definition) is 1. The summed E-state index contributed by atoms with van der Waals surface area (Å²) < 4.78 is 5.44. The van der Waals surface area contributed by atoms with Crippen molar-refractivity contribution in [1.29, 1.82) is 0 Å². The van der Waals surface area contributed by atoms with Crippen LogP contribution in [0.15, 0.2) is 18.2 Å². The summed E-state index contributed by atoms with van der Waals surface area (Å²) in [5.41, 5.74) is 2.27. The Labute approximate surface area is 123 Å². The molecule has 0 saturated carbocycles. The topological polar surface area (TPSA) is 32.7 Å². The van der Waals surface area contributed by atoms with Crippen molar-refractivity contribution in [2.75, 3.05) is 14.2 Å². The SMILES string of the molecule is COc1ccc(C(C)O)cc1CN(C)C(C)C(C)(C)C. The average molecular weight is 279 g/mol. The minimum absolute atomic E-state index is 0.226. The zero-order valence-corrected chi connectivity index (χ0v) is 13.9. The molecule has 3 heteroatoms. The summed E-state index contributed by atoms with van der Waals surface area (Å²) in [4.78, 5) is 2.32. The molecule has 114 valence electrons. The molecule has 0 saturated heterocycles. The summed E-state index contributed by atoms with van der Waals surface area (Å²) in [5.74, 6) is 0.877. The van der Waals surface area contributed by atoms with E-state index < -0.39 is 6.10 Å². The Balaban J connectivity index is 2.98. The van der Waals surface area contributed by atoms with E-state index in [-0.39, 0.29) is 5.41 Å². The number of methoxy groups -OCH3 is 1. The molecular weight excluding hydrogens is 250 g/mol. The highest BCUT2D eigenvalue weighted by Crippen LogP contribution is 2.28. The molecule has 0 fully saturated rings. The molecule has 0 aliphatic carbocycles. The molecule has 1 rings (SSSR count). The van der Waals surface area contributed by atoms with E-state index in [0.29, 0.717) is 6.04 Å². The molecule has 1 aromatic rings. The zero-order valence-electron chi connectivity index (χ0n) is 13.9. The van der Waals surface area contributed by atoms with E-state index in [4.69, 9.17) is 4.74 Å². The first kappa shape index (κ1) is 17.0. The Hall–Kier alpha value is -1.06. The summed E-state index contributed by atoms with van der Waals surface area (Å²) in [6, 6.07) is 6.34. The molecule has 0 heterocycles. The van der Waals surface area contributed by atoms with Crippen LogP contribution < -0.4 is 4.74 Å². The van der Waals surface area contributed by atoms with Crippen molar-refractivity contribution < 1.29 is 9.84 Å². The summed E-state index contributed by atoms with van der Waals surface area (Å²) in [6.45, 7) is 11.6. The van der Waals surface area contributed by atoms with E-state index in [1.165, 1.54) is 0 Å². The van der Waals surface area contributed by atoms with Gasteiger partial charge < -0.3 is 9.84 Å². The highest BCUT2D eigenvalue weighted by Gasteiger charge is 2.24. The maximum atomic E-state index is 9.73. The molecule has 0 amide bonds. The van der Waals surface area contributed by atoms with Gasteiger partial charge in [-0.05, 0) is 44.0 Å². The lowest BCUT2D eigenvalue weighted by atomic mass is 9.87. The number of hydrogen-bond acceptors (Lipinski definition) is 3. The minimum Gasteiger partial charge on any atom is -0.496 e. The summed E-state index contributed by atoms with van der Waals surface area (Å²) in [5, 5.41) is 9.73. The molecular formula is C17H29NO2. The van der Waals surface area contributed by atoms with Crippen molar-refractivity contribution in [3.05, 3.63) is 29.3 Å². The number of ether oxygens (including phenoxy) is 1. The van der Waals surface area contributed by atoms with Crippen LogP contribution in [0.4, 0.5) is 0 Å². The maximum absolute atomic E-state index is 9.73. The molecule has 0 aliphatic heterocycles. The Morgan fingerprint density at radius 1 is 1.25 bits per heavy atom. The smallest absolute Gasteiger partial charge is 0.123 e. The van der Waals surface area contributed by atoms with Gasteiger partial charge >= 0.3 is 0 Å². The number of aliphatic hydroxyl groups is 1. The van der Waals surface area contributed by atoms with Gasteiger partial charge in [-0.2, -0.15) is 0 Å². The van der Waals surface area contributed by atoms with Crippen LogP contribution in [0.3, 0.4) is 0 Å². The molecule has 1 aromatic carbocycles. The van der Waals surface area contributed by atoms with Crippen LogP contribution in [0.2, 0.25) is 0 Å². The Kier molecular flexibility index (Phi) is 5.60. The second kappa shape index (κ2) is 6.59. The van der Waals surface area contributed by atoms with E-state index in [1.54, 1.807) is 14.0 Å². The third kappa shape index (κ3) is 4.22. The van der Waals surface area contributed by atoms with Gasteiger partial charge in [0.15, 0.2) is 0 Å². The van der Waals surface area contributed by atoms with Crippen molar-refractivity contribution in [2.45, 2.75) is 53.3 Å². The lowest BCUT2D eigenvalue weighted by Crippen LogP contribution is -2.38. The molecule has 3 nitrogen and oxygen atoms in total. The molecule has 2 unspecified atom stereocenters. The van der Waals surface area contributed by atoms with Crippen molar-refractivity contribution in [2.24, 2.45) is 5.41 Å². The lowest BCUT2D eigenvalue weighted by Gasteiger charge is -2.35. The van der Waals surface area contributed by atoms with Gasteiger partial charge in [0.2, 0.25) is 0 Å². The Morgan fingerprint density at radius 2 is 1.85 bits per heavy atom. The van der Waals surface area contributed by atoms with E-state index in [9.17, 15) is 5.11 Å². The van der Waals surface area contributed by atoms with Gasteiger partial charge in [0, 0.05) is 18.2 Å². The van der Waals surface area contributed by atoms with Crippen molar-refractivity contribution >= 4 is 0 Å². The Bertz CT molecular complexity index is 435. The highest BCUT2D eigenvalue weighted by molar-refractivity contribution is 5.38. The van der Waals surface area contributed by atoms with Crippen LogP contribution in [0.25, 0.3) is 0 Å². The van der Waals surface area contributed by atoms with Crippen LogP contribution in [0, 0.1) is 5.41 Å². The second-order valence-electron chi connectivity index (χ2n) is 6.70. The van der Waals surface area contributed by atoms with Crippen LogP contribution in [0.1, 0.15) is 51.8 Å². The number of rotatable bonds is 5. The zero-order chi connectivity index (χ0) is 15.5. The molecule has 20 heavy (non-hydrogen) atoms. The monoisotopic (exact) mass is 279 g/mol. The highest BCUT2D eigenvalue weighted by atomic mass is 16.5. The summed E-state index contributed by atoms with van der Waals surface area (Å²) in [7, 11) is 3.82. The van der Waals surface area contributed by atoms with E-state index in [0.717, 1.165) is 23.4 Å². The fourth-order valence-electron chi connectivity index (χ4n) is 2.25. The standard InChI is InChI=1S/C17H29NO2/c1-12(19)14-8-9-16(20-7)15(10-14)11-18(6)13(2)17(3,4)5/h8-10,12-13,19H,11H2,1-7H3. The predicted molar refractivity (Wildman–Crippen MR) is 84.0 cm³/mol. The minimum atomic E-state index is -0.454. The van der Waals surface area contributed by atoms with Gasteiger partial charge in [-0.25, -0.2) is 0 Å². The summed E-state index contributed by atoms with van der Waals surface area (Å²) in [6.07, 6.45) is -0.454. The molecule has 0 aliphatic rings. The van der Waals surface area contributed by atoms with E-state index >= 15 is 0 Å². The molecule has 1 N–H and O–H groups in total. The van der Waals surface area contributed by atoms with Crippen LogP contribution in [-0.4, -0.2) is 30.2 Å². The number of nitrogens with zero attached hydrogens (tertiary/aromatic N) is 1. The van der Waals surface area contributed by atoms with Crippen molar-refractivity contribution in [3.63, 3.8) is 0 Å². The fraction of sp³-hybridized carbons (Fsp3) is 0.647. The van der Waals surface area contributed by atoms with Crippen LogP contribution in [0.5, 0.6) is 5.75 Å². The van der Waals surface area contributed by atoms with E-state index in [2.05, 4.69) is 39.6 Å². The van der Waals surface area contributed by atoms with Gasteiger partial charge in [0.25, 0.3) is 0 Å². The molecule has 0 aromatic heterocycles. The van der Waals surface area contributed by atoms with Gasteiger partial charge in [0.05, 0.1) is 13.2 Å². The van der Waals surface area contributed by atoms with Gasteiger partial charge in [0.1, 0.15) is 5.75 Å². The predicted octanol–water partition coefficient (Wildman–Crippen LogP) is 3.61. The first-order valence-electron chi connectivity index (χ1n) is 7.22. The van der Waals surface area contributed by atoms with E-state index in [1.807, 2.05) is 18.2 Å². The first-order valence-corrected chi connectivity index (χ1v) is 7.22. The second-order valence-corrected chi connectivity index (χ2v) is 6.70. The van der Waals surface area contributed by atoms with Gasteiger partial charge in [-0.1, -0.05) is 26.8 Å². The van der Waals surface area contributed by atoms with Crippen molar-refractivity contribution in [1.82, 2.24) is 4.90 Å². The van der Waals surface area contributed by atoms with Crippen molar-refractivity contribution in [3.8, 4) is 5.75 Å². The first-order chi connectivity index (χ1) is 9.16. The number of aliphatic hydroxyl groups excluding tert-OH is 1. The molecule has 0 spiro atoms. The molecule has 0 radical (unpaired) electrons. The van der Waals surface area contributed by atoms with Crippen LogP contribution >= 0.6 is 0 Å². The van der Waals surface area contributed by atoms with Gasteiger partial charge in [-0.3, -0.25) is 4.90 Å². The maximum Gasteiger partial charge on any atom is 0.123 e. The molecule has 2 atom stereocenters. The third-order valence-corrected chi connectivity index (χ3v) is 4.12. The fourth-order valence-corrected chi connectivity index (χ4v) is 2.25. The normalized spacial score (nSPS) is 15.2. The Morgan fingerprint density at radius 3 is 2.30 bits per heavy atom. The lowest BCUT2D eigenvalue weighted by molar-refractivity contribution is 0.133.